The Bertz CT molecular complexity index is 289. The van der Waals surface area contributed by atoms with Crippen LogP contribution in [0.2, 0.25) is 0 Å². The third-order valence-electron chi connectivity index (χ3n) is 1.96. The van der Waals surface area contributed by atoms with Crippen molar-refractivity contribution in [3.8, 4) is 0 Å². The molecule has 1 heterocycles. The van der Waals surface area contributed by atoms with Crippen molar-refractivity contribution in [3.05, 3.63) is 11.3 Å². The van der Waals surface area contributed by atoms with Gasteiger partial charge in [0.2, 0.25) is 0 Å². The Labute approximate surface area is 78.5 Å². The molecule has 0 saturated carbocycles. The lowest BCUT2D eigenvalue weighted by Gasteiger charge is -2.10. The summed E-state index contributed by atoms with van der Waals surface area (Å²) in [6.07, 6.45) is 0. The first-order chi connectivity index (χ1) is 6.06. The van der Waals surface area contributed by atoms with Crippen LogP contribution in [0.4, 0.5) is 5.82 Å². The SMILES string of the molecule is Cc1nn(C)c(NN)c1CN(C)C. The van der Waals surface area contributed by atoms with E-state index in [4.69, 9.17) is 5.84 Å². The van der Waals surface area contributed by atoms with Gasteiger partial charge in [0.1, 0.15) is 5.82 Å². The largest absolute Gasteiger partial charge is 0.308 e. The Morgan fingerprint density at radius 3 is 2.62 bits per heavy atom. The van der Waals surface area contributed by atoms with E-state index >= 15 is 0 Å². The zero-order valence-electron chi connectivity index (χ0n) is 8.63. The molecule has 0 atom stereocenters. The summed E-state index contributed by atoms with van der Waals surface area (Å²) < 4.78 is 1.76. The molecular weight excluding hydrogens is 166 g/mol. The molecule has 0 aliphatic heterocycles. The molecule has 0 amide bonds. The van der Waals surface area contributed by atoms with E-state index < -0.39 is 0 Å². The summed E-state index contributed by atoms with van der Waals surface area (Å²) in [6, 6.07) is 0. The minimum absolute atomic E-state index is 0.846. The number of nitrogens with zero attached hydrogens (tertiary/aromatic N) is 3. The molecular formula is C8H17N5. The summed E-state index contributed by atoms with van der Waals surface area (Å²) in [5, 5.41) is 4.28. The van der Waals surface area contributed by atoms with Crippen LogP contribution in [-0.2, 0) is 13.6 Å². The molecule has 0 unspecified atom stereocenters. The van der Waals surface area contributed by atoms with E-state index in [1.54, 1.807) is 4.68 Å². The molecule has 0 aliphatic rings. The second kappa shape index (κ2) is 3.76. The topological polar surface area (TPSA) is 59.1 Å². The average molecular weight is 183 g/mol. The van der Waals surface area contributed by atoms with Gasteiger partial charge in [-0.1, -0.05) is 0 Å². The van der Waals surface area contributed by atoms with Gasteiger partial charge in [-0.3, -0.25) is 4.68 Å². The Morgan fingerprint density at radius 2 is 2.15 bits per heavy atom. The van der Waals surface area contributed by atoms with Crippen LogP contribution in [0.25, 0.3) is 0 Å². The van der Waals surface area contributed by atoms with Gasteiger partial charge >= 0.3 is 0 Å². The highest BCUT2D eigenvalue weighted by atomic mass is 15.4. The lowest BCUT2D eigenvalue weighted by Crippen LogP contribution is -2.16. The van der Waals surface area contributed by atoms with Crippen LogP contribution >= 0.6 is 0 Å². The Morgan fingerprint density at radius 1 is 1.54 bits per heavy atom. The van der Waals surface area contributed by atoms with Gasteiger partial charge in [0.15, 0.2) is 0 Å². The highest BCUT2D eigenvalue weighted by Crippen LogP contribution is 2.18. The van der Waals surface area contributed by atoms with E-state index in [0.29, 0.717) is 0 Å². The first-order valence-corrected chi connectivity index (χ1v) is 4.20. The second-order valence-electron chi connectivity index (χ2n) is 3.42. The lowest BCUT2D eigenvalue weighted by molar-refractivity contribution is 0.402. The van der Waals surface area contributed by atoms with Crippen molar-refractivity contribution in [1.29, 1.82) is 0 Å². The van der Waals surface area contributed by atoms with Crippen LogP contribution in [0, 0.1) is 6.92 Å². The fourth-order valence-electron chi connectivity index (χ4n) is 1.39. The van der Waals surface area contributed by atoms with Crippen molar-refractivity contribution in [2.75, 3.05) is 19.5 Å². The average Bonchev–Trinajstić information content (AvgIpc) is 2.26. The van der Waals surface area contributed by atoms with Crippen LogP contribution in [-0.4, -0.2) is 28.8 Å². The number of rotatable bonds is 3. The third kappa shape index (κ3) is 1.99. The van der Waals surface area contributed by atoms with Gasteiger partial charge in [-0.25, -0.2) is 5.84 Å². The summed E-state index contributed by atoms with van der Waals surface area (Å²) >= 11 is 0. The van der Waals surface area contributed by atoms with Crippen molar-refractivity contribution in [2.24, 2.45) is 12.9 Å². The molecule has 1 aromatic rings. The highest BCUT2D eigenvalue weighted by molar-refractivity contribution is 5.46. The maximum absolute atomic E-state index is 5.41. The molecule has 0 fully saturated rings. The predicted octanol–water partition coefficient (Wildman–Crippen LogP) is 0.0757. The zero-order valence-corrected chi connectivity index (χ0v) is 8.63. The van der Waals surface area contributed by atoms with E-state index in [-0.39, 0.29) is 0 Å². The molecule has 3 N–H and O–H groups in total. The van der Waals surface area contributed by atoms with Crippen molar-refractivity contribution in [1.82, 2.24) is 14.7 Å². The minimum Gasteiger partial charge on any atom is -0.308 e. The van der Waals surface area contributed by atoms with Crippen LogP contribution < -0.4 is 11.3 Å². The van der Waals surface area contributed by atoms with Crippen molar-refractivity contribution in [2.45, 2.75) is 13.5 Å². The number of nitrogens with one attached hydrogen (secondary N) is 1. The van der Waals surface area contributed by atoms with Gasteiger partial charge in [0.05, 0.1) is 5.69 Å². The summed E-state index contributed by atoms with van der Waals surface area (Å²) in [7, 11) is 5.92. The van der Waals surface area contributed by atoms with Gasteiger partial charge in [-0.2, -0.15) is 5.10 Å². The number of aromatic nitrogens is 2. The normalized spacial score (nSPS) is 10.9. The molecule has 0 saturated heterocycles. The quantitative estimate of drug-likeness (QED) is 0.514. The van der Waals surface area contributed by atoms with Gasteiger partial charge in [0, 0.05) is 19.2 Å². The summed E-state index contributed by atoms with van der Waals surface area (Å²) in [5.41, 5.74) is 4.83. The molecule has 1 rings (SSSR count). The van der Waals surface area contributed by atoms with E-state index in [1.807, 2.05) is 28.1 Å². The van der Waals surface area contributed by atoms with Crippen molar-refractivity contribution >= 4 is 5.82 Å². The molecule has 13 heavy (non-hydrogen) atoms. The summed E-state index contributed by atoms with van der Waals surface area (Å²) in [6.45, 7) is 2.83. The number of anilines is 1. The highest BCUT2D eigenvalue weighted by Gasteiger charge is 2.12. The number of hydrogen-bond donors (Lipinski definition) is 2. The smallest absolute Gasteiger partial charge is 0.142 e. The molecule has 1 aromatic heterocycles. The second-order valence-corrected chi connectivity index (χ2v) is 3.42. The van der Waals surface area contributed by atoms with Gasteiger partial charge < -0.3 is 10.3 Å². The van der Waals surface area contributed by atoms with Crippen LogP contribution in [0.1, 0.15) is 11.3 Å². The molecule has 0 aromatic carbocycles. The standard InChI is InChI=1S/C8H17N5/c1-6-7(5-12(2)3)8(10-9)13(4)11-6/h10H,5,9H2,1-4H3. The van der Waals surface area contributed by atoms with Gasteiger partial charge in [-0.15, -0.1) is 0 Å². The van der Waals surface area contributed by atoms with Crippen molar-refractivity contribution in [3.63, 3.8) is 0 Å². The zero-order chi connectivity index (χ0) is 10.0. The maximum Gasteiger partial charge on any atom is 0.142 e. The van der Waals surface area contributed by atoms with E-state index in [1.165, 1.54) is 0 Å². The lowest BCUT2D eigenvalue weighted by atomic mass is 10.2. The fourth-order valence-corrected chi connectivity index (χ4v) is 1.39. The van der Waals surface area contributed by atoms with E-state index in [9.17, 15) is 0 Å². The minimum atomic E-state index is 0.846. The first kappa shape index (κ1) is 10.0. The fraction of sp³-hybridized carbons (Fsp3) is 0.625. The molecule has 0 spiro atoms. The van der Waals surface area contributed by atoms with E-state index in [2.05, 4.69) is 15.4 Å². The van der Waals surface area contributed by atoms with Gasteiger partial charge in [0.25, 0.3) is 0 Å². The molecule has 5 nitrogen and oxygen atoms in total. The number of nitrogen functional groups attached to an aromatic ring is 1. The first-order valence-electron chi connectivity index (χ1n) is 4.20. The molecule has 74 valence electrons. The van der Waals surface area contributed by atoms with Gasteiger partial charge in [-0.05, 0) is 21.0 Å². The number of nitrogens with two attached hydrogens (primary N) is 1. The number of aryl methyl sites for hydroxylation is 2. The summed E-state index contributed by atoms with van der Waals surface area (Å²) in [4.78, 5) is 2.09. The molecule has 0 bridgehead atoms. The maximum atomic E-state index is 5.41. The van der Waals surface area contributed by atoms with Crippen LogP contribution in [0.15, 0.2) is 0 Å². The number of hydrazine groups is 1. The monoisotopic (exact) mass is 183 g/mol. The molecule has 0 radical (unpaired) electrons. The molecule has 5 heteroatoms. The van der Waals surface area contributed by atoms with Crippen molar-refractivity contribution < 1.29 is 0 Å². The van der Waals surface area contributed by atoms with E-state index in [0.717, 1.165) is 23.6 Å². The predicted molar refractivity (Wildman–Crippen MR) is 53.1 cm³/mol. The van der Waals surface area contributed by atoms with Crippen LogP contribution in [0.5, 0.6) is 0 Å². The molecule has 0 aliphatic carbocycles. The Balaban J connectivity index is 3.02. The number of hydrogen-bond acceptors (Lipinski definition) is 4. The van der Waals surface area contributed by atoms with Crippen LogP contribution in [0.3, 0.4) is 0 Å². The Kier molecular flexibility index (Phi) is 2.90. The summed E-state index contributed by atoms with van der Waals surface area (Å²) in [5.74, 6) is 6.29. The third-order valence-corrected chi connectivity index (χ3v) is 1.96. The Hall–Kier alpha value is -1.07.